The van der Waals surface area contributed by atoms with Crippen LogP contribution in [0.5, 0.6) is 0 Å². The molecular weight excluding hydrogens is 258 g/mol. The Labute approximate surface area is 120 Å². The van der Waals surface area contributed by atoms with Gasteiger partial charge in [-0.15, -0.1) is 0 Å². The van der Waals surface area contributed by atoms with Crippen molar-refractivity contribution >= 4 is 12.0 Å². The van der Waals surface area contributed by atoms with Crippen LogP contribution in [0.2, 0.25) is 0 Å². The maximum absolute atomic E-state index is 11.8. The molecule has 0 radical (unpaired) electrons. The molecule has 1 heterocycles. The number of carbonyl (C=O) groups excluding carboxylic acids is 2. The molecule has 20 heavy (non-hydrogen) atoms. The van der Waals surface area contributed by atoms with Crippen LogP contribution >= 0.6 is 0 Å². The average Bonchev–Trinajstić information content (AvgIpc) is 2.34. The molecule has 2 unspecified atom stereocenters. The van der Waals surface area contributed by atoms with Crippen molar-refractivity contribution in [2.24, 2.45) is 11.7 Å². The molecule has 3 atom stereocenters. The first-order valence-corrected chi connectivity index (χ1v) is 7.25. The van der Waals surface area contributed by atoms with Crippen LogP contribution in [0, 0.1) is 5.92 Å². The summed E-state index contributed by atoms with van der Waals surface area (Å²) >= 11 is 0. The second kappa shape index (κ2) is 6.92. The lowest BCUT2D eigenvalue weighted by Gasteiger charge is -2.34. The van der Waals surface area contributed by atoms with Crippen LogP contribution in [-0.2, 0) is 9.53 Å². The lowest BCUT2D eigenvalue weighted by atomic mass is 9.85. The minimum absolute atomic E-state index is 0.00815. The molecule has 6 heteroatoms. The molecule has 0 aromatic heterocycles. The molecular formula is C14H27N3O3. The number of hydrogen-bond donors (Lipinski definition) is 3. The van der Waals surface area contributed by atoms with Crippen LogP contribution in [0.1, 0.15) is 47.0 Å². The van der Waals surface area contributed by atoms with Crippen LogP contribution < -0.4 is 16.4 Å². The van der Waals surface area contributed by atoms with Gasteiger partial charge < -0.3 is 21.1 Å². The zero-order valence-electron chi connectivity index (χ0n) is 12.9. The SMILES string of the molecule is CCC(NC(=O)OC(C)(C)C)C1CCN[C@H](C(N)=O)C1. The van der Waals surface area contributed by atoms with Crippen LogP contribution in [0.15, 0.2) is 0 Å². The third kappa shape index (κ3) is 5.36. The predicted molar refractivity (Wildman–Crippen MR) is 77.2 cm³/mol. The van der Waals surface area contributed by atoms with Gasteiger partial charge in [-0.1, -0.05) is 6.92 Å². The quantitative estimate of drug-likeness (QED) is 0.722. The Morgan fingerprint density at radius 1 is 1.45 bits per heavy atom. The molecule has 1 aliphatic rings. The van der Waals surface area contributed by atoms with Crippen molar-refractivity contribution in [2.45, 2.75) is 64.6 Å². The van der Waals surface area contributed by atoms with Crippen molar-refractivity contribution in [3.05, 3.63) is 0 Å². The average molecular weight is 285 g/mol. The summed E-state index contributed by atoms with van der Waals surface area (Å²) in [5.74, 6) is -0.0897. The Kier molecular flexibility index (Phi) is 5.80. The van der Waals surface area contributed by atoms with E-state index in [1.54, 1.807) is 0 Å². The fraction of sp³-hybridized carbons (Fsp3) is 0.857. The van der Waals surface area contributed by atoms with E-state index in [0.717, 1.165) is 19.4 Å². The Hall–Kier alpha value is -1.30. The number of primary amides is 1. The zero-order valence-corrected chi connectivity index (χ0v) is 12.9. The number of piperidine rings is 1. The first-order chi connectivity index (χ1) is 9.23. The van der Waals surface area contributed by atoms with Crippen LogP contribution in [0.4, 0.5) is 4.79 Å². The first kappa shape index (κ1) is 16.8. The van der Waals surface area contributed by atoms with Crippen molar-refractivity contribution in [3.63, 3.8) is 0 Å². The maximum atomic E-state index is 11.8. The maximum Gasteiger partial charge on any atom is 0.407 e. The molecule has 0 aromatic carbocycles. The molecule has 1 rings (SSSR count). The lowest BCUT2D eigenvalue weighted by Crippen LogP contribution is -2.52. The van der Waals surface area contributed by atoms with Gasteiger partial charge in [-0.3, -0.25) is 4.79 Å². The summed E-state index contributed by atoms with van der Waals surface area (Å²) in [4.78, 5) is 23.1. The molecule has 0 spiro atoms. The zero-order chi connectivity index (χ0) is 15.3. The number of carbonyl (C=O) groups is 2. The smallest absolute Gasteiger partial charge is 0.407 e. The van der Waals surface area contributed by atoms with E-state index in [4.69, 9.17) is 10.5 Å². The molecule has 1 aliphatic heterocycles. The number of ether oxygens (including phenoxy) is 1. The number of nitrogens with one attached hydrogen (secondary N) is 2. The third-order valence-corrected chi connectivity index (χ3v) is 3.50. The Morgan fingerprint density at radius 2 is 2.10 bits per heavy atom. The van der Waals surface area contributed by atoms with E-state index >= 15 is 0 Å². The van der Waals surface area contributed by atoms with E-state index in [1.165, 1.54) is 0 Å². The number of amides is 2. The molecule has 6 nitrogen and oxygen atoms in total. The van der Waals surface area contributed by atoms with E-state index in [1.807, 2.05) is 27.7 Å². The van der Waals surface area contributed by atoms with Crippen molar-refractivity contribution in [3.8, 4) is 0 Å². The van der Waals surface area contributed by atoms with E-state index in [-0.39, 0.29) is 23.9 Å². The van der Waals surface area contributed by atoms with Crippen molar-refractivity contribution < 1.29 is 14.3 Å². The van der Waals surface area contributed by atoms with Gasteiger partial charge in [0, 0.05) is 6.04 Å². The first-order valence-electron chi connectivity index (χ1n) is 7.25. The van der Waals surface area contributed by atoms with E-state index in [0.29, 0.717) is 6.42 Å². The number of rotatable bonds is 4. The van der Waals surface area contributed by atoms with Gasteiger partial charge in [0.1, 0.15) is 5.60 Å². The van der Waals surface area contributed by atoms with Gasteiger partial charge in [0.2, 0.25) is 5.91 Å². The molecule has 1 fully saturated rings. The molecule has 0 bridgehead atoms. The van der Waals surface area contributed by atoms with E-state index in [9.17, 15) is 9.59 Å². The molecule has 0 saturated carbocycles. The highest BCUT2D eigenvalue weighted by atomic mass is 16.6. The summed E-state index contributed by atoms with van der Waals surface area (Å²) in [6.07, 6.45) is 1.97. The summed E-state index contributed by atoms with van der Waals surface area (Å²) in [5, 5.41) is 6.01. The van der Waals surface area contributed by atoms with Crippen LogP contribution in [0.3, 0.4) is 0 Å². The highest BCUT2D eigenvalue weighted by Gasteiger charge is 2.31. The second-order valence-corrected chi connectivity index (χ2v) is 6.35. The molecule has 116 valence electrons. The van der Waals surface area contributed by atoms with Crippen molar-refractivity contribution in [1.82, 2.24) is 10.6 Å². The lowest BCUT2D eigenvalue weighted by molar-refractivity contribution is -0.121. The van der Waals surface area contributed by atoms with Gasteiger partial charge in [-0.05, 0) is 52.5 Å². The molecule has 2 amide bonds. The Balaban J connectivity index is 2.57. The predicted octanol–water partition coefficient (Wildman–Crippen LogP) is 1.14. The summed E-state index contributed by atoms with van der Waals surface area (Å²) in [7, 11) is 0. The number of nitrogens with two attached hydrogens (primary N) is 1. The molecule has 1 saturated heterocycles. The van der Waals surface area contributed by atoms with Crippen LogP contribution in [-0.4, -0.2) is 36.2 Å². The summed E-state index contributed by atoms with van der Waals surface area (Å²) in [6.45, 7) is 8.26. The number of alkyl carbamates (subject to hydrolysis) is 1. The van der Waals surface area contributed by atoms with E-state index < -0.39 is 11.7 Å². The second-order valence-electron chi connectivity index (χ2n) is 6.35. The van der Waals surface area contributed by atoms with Gasteiger partial charge in [0.15, 0.2) is 0 Å². The molecule has 0 aliphatic carbocycles. The third-order valence-electron chi connectivity index (χ3n) is 3.50. The van der Waals surface area contributed by atoms with Gasteiger partial charge in [-0.2, -0.15) is 0 Å². The largest absolute Gasteiger partial charge is 0.444 e. The summed E-state index contributed by atoms with van der Waals surface area (Å²) in [5.41, 5.74) is 4.83. The van der Waals surface area contributed by atoms with Crippen LogP contribution in [0.25, 0.3) is 0 Å². The Bertz CT molecular complexity index is 352. The Morgan fingerprint density at radius 3 is 2.60 bits per heavy atom. The van der Waals surface area contributed by atoms with Crippen molar-refractivity contribution in [2.75, 3.05) is 6.54 Å². The topological polar surface area (TPSA) is 93.4 Å². The molecule has 4 N–H and O–H groups in total. The minimum atomic E-state index is -0.508. The van der Waals surface area contributed by atoms with Gasteiger partial charge in [0.25, 0.3) is 0 Å². The van der Waals surface area contributed by atoms with Gasteiger partial charge >= 0.3 is 6.09 Å². The highest BCUT2D eigenvalue weighted by molar-refractivity contribution is 5.80. The normalized spacial score (nSPS) is 24.8. The fourth-order valence-corrected chi connectivity index (χ4v) is 2.54. The number of hydrogen-bond acceptors (Lipinski definition) is 4. The minimum Gasteiger partial charge on any atom is -0.444 e. The van der Waals surface area contributed by atoms with Gasteiger partial charge in [0.05, 0.1) is 6.04 Å². The standard InChI is InChI=1S/C14H27N3O3/c1-5-10(17-13(19)20-14(2,3)4)9-6-7-16-11(8-9)12(15)18/h9-11,16H,5-8H2,1-4H3,(H2,15,18)(H,17,19)/t9?,10?,11-/m0/s1. The highest BCUT2D eigenvalue weighted by Crippen LogP contribution is 2.22. The van der Waals surface area contributed by atoms with Gasteiger partial charge in [-0.25, -0.2) is 4.79 Å². The monoisotopic (exact) mass is 285 g/mol. The van der Waals surface area contributed by atoms with Crippen molar-refractivity contribution in [1.29, 1.82) is 0 Å². The summed E-state index contributed by atoms with van der Waals surface area (Å²) < 4.78 is 5.28. The summed E-state index contributed by atoms with van der Waals surface area (Å²) in [6, 6.07) is -0.294. The molecule has 0 aromatic rings. The fourth-order valence-electron chi connectivity index (χ4n) is 2.54. The van der Waals surface area contributed by atoms with E-state index in [2.05, 4.69) is 10.6 Å².